The Bertz CT molecular complexity index is 123. The first-order valence-corrected chi connectivity index (χ1v) is 5.78. The first-order chi connectivity index (χ1) is 5.70. The molecule has 1 unspecified atom stereocenters. The van der Waals surface area contributed by atoms with Crippen LogP contribution in [0, 0.1) is 0 Å². The zero-order valence-electron chi connectivity index (χ0n) is 8.18. The largest absolute Gasteiger partial charge is 0.392 e. The molecular formula is C10H20OS. The summed E-state index contributed by atoms with van der Waals surface area (Å²) < 4.78 is 0. The van der Waals surface area contributed by atoms with E-state index < -0.39 is 0 Å². The summed E-state index contributed by atoms with van der Waals surface area (Å²) in [6, 6.07) is 0. The van der Waals surface area contributed by atoms with E-state index in [9.17, 15) is 5.11 Å². The third kappa shape index (κ3) is 6.74. The molecule has 0 rings (SSSR count). The Morgan fingerprint density at radius 3 is 2.67 bits per heavy atom. The summed E-state index contributed by atoms with van der Waals surface area (Å²) in [5, 5.41) is 9.50. The quantitative estimate of drug-likeness (QED) is 0.490. The summed E-state index contributed by atoms with van der Waals surface area (Å²) in [5.41, 5.74) is 1.15. The fourth-order valence-electron chi connectivity index (χ4n) is 0.900. The number of hydrogen-bond donors (Lipinski definition) is 1. The maximum absolute atomic E-state index is 9.50. The summed E-state index contributed by atoms with van der Waals surface area (Å²) in [5.74, 6) is 2.00. The van der Waals surface area contributed by atoms with Crippen molar-refractivity contribution in [2.24, 2.45) is 0 Å². The topological polar surface area (TPSA) is 20.2 Å². The molecule has 2 heteroatoms. The Balaban J connectivity index is 3.32. The number of hydrogen-bond acceptors (Lipinski definition) is 2. The van der Waals surface area contributed by atoms with Gasteiger partial charge in [-0.15, -0.1) is 0 Å². The van der Waals surface area contributed by atoms with Crippen LogP contribution in [0.25, 0.3) is 0 Å². The molecule has 12 heavy (non-hydrogen) atoms. The molecule has 0 aromatic rings. The van der Waals surface area contributed by atoms with Gasteiger partial charge in [-0.1, -0.05) is 26.0 Å². The standard InChI is InChI=1S/C10H20OS/c1-4-6-12-8-10(11)7-9(3)5-2/h10-11H,3-8H2,1-2H3. The Kier molecular flexibility index (Phi) is 7.72. The Labute approximate surface area is 80.3 Å². The van der Waals surface area contributed by atoms with Gasteiger partial charge in [0.1, 0.15) is 0 Å². The van der Waals surface area contributed by atoms with Gasteiger partial charge in [0.2, 0.25) is 0 Å². The van der Waals surface area contributed by atoms with Gasteiger partial charge in [-0.3, -0.25) is 0 Å². The fourth-order valence-corrected chi connectivity index (χ4v) is 1.75. The lowest BCUT2D eigenvalue weighted by Crippen LogP contribution is -2.10. The van der Waals surface area contributed by atoms with E-state index in [4.69, 9.17) is 0 Å². The normalized spacial score (nSPS) is 12.9. The van der Waals surface area contributed by atoms with Crippen LogP contribution in [0.1, 0.15) is 33.1 Å². The molecule has 0 fully saturated rings. The Hall–Kier alpha value is 0.0500. The molecule has 0 aliphatic rings. The van der Waals surface area contributed by atoms with Crippen LogP contribution in [0.5, 0.6) is 0 Å². The molecule has 72 valence electrons. The Morgan fingerprint density at radius 1 is 1.50 bits per heavy atom. The van der Waals surface area contributed by atoms with E-state index in [-0.39, 0.29) is 6.10 Å². The minimum atomic E-state index is -0.186. The van der Waals surface area contributed by atoms with E-state index in [1.165, 1.54) is 6.42 Å². The maximum atomic E-state index is 9.50. The van der Waals surface area contributed by atoms with Crippen LogP contribution in [-0.2, 0) is 0 Å². The summed E-state index contributed by atoms with van der Waals surface area (Å²) in [4.78, 5) is 0. The van der Waals surface area contributed by atoms with E-state index >= 15 is 0 Å². The van der Waals surface area contributed by atoms with Gasteiger partial charge in [-0.2, -0.15) is 11.8 Å². The van der Waals surface area contributed by atoms with Crippen LogP contribution in [-0.4, -0.2) is 22.7 Å². The third-order valence-electron chi connectivity index (χ3n) is 1.68. The highest BCUT2D eigenvalue weighted by Crippen LogP contribution is 2.12. The van der Waals surface area contributed by atoms with Crippen molar-refractivity contribution in [3.05, 3.63) is 12.2 Å². The molecule has 0 bridgehead atoms. The van der Waals surface area contributed by atoms with Crippen molar-refractivity contribution in [3.8, 4) is 0 Å². The number of aliphatic hydroxyl groups is 1. The molecule has 0 saturated heterocycles. The van der Waals surface area contributed by atoms with Crippen LogP contribution < -0.4 is 0 Å². The highest BCUT2D eigenvalue weighted by Gasteiger charge is 2.04. The van der Waals surface area contributed by atoms with Crippen molar-refractivity contribution in [3.63, 3.8) is 0 Å². The number of aliphatic hydroxyl groups excluding tert-OH is 1. The van der Waals surface area contributed by atoms with Gasteiger partial charge in [0.05, 0.1) is 6.10 Å². The number of rotatable bonds is 7. The molecule has 0 aliphatic heterocycles. The van der Waals surface area contributed by atoms with Crippen LogP contribution in [0.15, 0.2) is 12.2 Å². The second-order valence-electron chi connectivity index (χ2n) is 3.04. The summed E-state index contributed by atoms with van der Waals surface area (Å²) in [7, 11) is 0. The van der Waals surface area contributed by atoms with Crippen molar-refractivity contribution in [2.75, 3.05) is 11.5 Å². The molecule has 0 aliphatic carbocycles. The Morgan fingerprint density at radius 2 is 2.17 bits per heavy atom. The monoisotopic (exact) mass is 188 g/mol. The molecule has 0 aromatic carbocycles. The van der Waals surface area contributed by atoms with Gasteiger partial charge >= 0.3 is 0 Å². The van der Waals surface area contributed by atoms with Gasteiger partial charge in [0.15, 0.2) is 0 Å². The smallest absolute Gasteiger partial charge is 0.0667 e. The summed E-state index contributed by atoms with van der Waals surface area (Å²) in [6.45, 7) is 8.11. The minimum Gasteiger partial charge on any atom is -0.392 e. The van der Waals surface area contributed by atoms with E-state index in [0.29, 0.717) is 0 Å². The first-order valence-electron chi connectivity index (χ1n) is 4.63. The molecule has 0 aromatic heterocycles. The molecule has 0 spiro atoms. The minimum absolute atomic E-state index is 0.186. The summed E-state index contributed by atoms with van der Waals surface area (Å²) in [6.07, 6.45) is 2.75. The van der Waals surface area contributed by atoms with E-state index in [0.717, 1.165) is 29.9 Å². The summed E-state index contributed by atoms with van der Waals surface area (Å²) >= 11 is 1.82. The lowest BCUT2D eigenvalue weighted by molar-refractivity contribution is 0.199. The van der Waals surface area contributed by atoms with Crippen LogP contribution >= 0.6 is 11.8 Å². The molecular weight excluding hydrogens is 168 g/mol. The van der Waals surface area contributed by atoms with Crippen molar-refractivity contribution in [1.82, 2.24) is 0 Å². The van der Waals surface area contributed by atoms with Crippen molar-refractivity contribution < 1.29 is 5.11 Å². The lowest BCUT2D eigenvalue weighted by atomic mass is 10.1. The van der Waals surface area contributed by atoms with E-state index in [2.05, 4.69) is 20.4 Å². The van der Waals surface area contributed by atoms with E-state index in [1.54, 1.807) is 0 Å². The van der Waals surface area contributed by atoms with Crippen LogP contribution in [0.3, 0.4) is 0 Å². The highest BCUT2D eigenvalue weighted by atomic mass is 32.2. The average molecular weight is 188 g/mol. The molecule has 1 N–H and O–H groups in total. The molecule has 0 radical (unpaired) electrons. The zero-order valence-corrected chi connectivity index (χ0v) is 8.99. The van der Waals surface area contributed by atoms with Gasteiger partial charge in [0, 0.05) is 5.75 Å². The second-order valence-corrected chi connectivity index (χ2v) is 4.19. The zero-order chi connectivity index (χ0) is 9.40. The van der Waals surface area contributed by atoms with Crippen molar-refractivity contribution in [1.29, 1.82) is 0 Å². The average Bonchev–Trinajstić information content (AvgIpc) is 2.05. The molecule has 0 heterocycles. The highest BCUT2D eigenvalue weighted by molar-refractivity contribution is 7.99. The van der Waals surface area contributed by atoms with E-state index in [1.807, 2.05) is 11.8 Å². The molecule has 0 saturated carbocycles. The van der Waals surface area contributed by atoms with Crippen molar-refractivity contribution in [2.45, 2.75) is 39.2 Å². The van der Waals surface area contributed by atoms with Crippen LogP contribution in [0.4, 0.5) is 0 Å². The van der Waals surface area contributed by atoms with Gasteiger partial charge in [-0.05, 0) is 25.0 Å². The fraction of sp³-hybridized carbons (Fsp3) is 0.800. The van der Waals surface area contributed by atoms with Gasteiger partial charge in [-0.25, -0.2) is 0 Å². The van der Waals surface area contributed by atoms with Crippen LogP contribution in [0.2, 0.25) is 0 Å². The van der Waals surface area contributed by atoms with Gasteiger partial charge < -0.3 is 5.11 Å². The maximum Gasteiger partial charge on any atom is 0.0667 e. The first kappa shape index (κ1) is 12.0. The third-order valence-corrected chi connectivity index (χ3v) is 3.00. The molecule has 1 atom stereocenters. The lowest BCUT2D eigenvalue weighted by Gasteiger charge is -2.10. The predicted octanol–water partition coefficient (Wildman–Crippen LogP) is 2.85. The van der Waals surface area contributed by atoms with Gasteiger partial charge in [0.25, 0.3) is 0 Å². The molecule has 1 nitrogen and oxygen atoms in total. The van der Waals surface area contributed by atoms with Crippen molar-refractivity contribution >= 4 is 11.8 Å². The second kappa shape index (κ2) is 7.69. The number of thioether (sulfide) groups is 1. The predicted molar refractivity (Wildman–Crippen MR) is 57.7 cm³/mol. The SMILES string of the molecule is C=C(CC)CC(O)CSCCC. The molecule has 0 amide bonds.